The van der Waals surface area contributed by atoms with Crippen LogP contribution in [0.4, 0.5) is 0 Å². The number of aromatic nitrogens is 3. The molecule has 1 atom stereocenters. The smallest absolute Gasteiger partial charge is 0.338 e. The fourth-order valence-corrected chi connectivity index (χ4v) is 4.64. The molecule has 0 radical (unpaired) electrons. The quantitative estimate of drug-likeness (QED) is 0.290. The molecule has 0 aliphatic heterocycles. The molecule has 0 aliphatic rings. The van der Waals surface area contributed by atoms with Gasteiger partial charge in [-0.15, -0.1) is 0 Å². The summed E-state index contributed by atoms with van der Waals surface area (Å²) in [6.07, 6.45) is -0.987. The van der Waals surface area contributed by atoms with Crippen LogP contribution in [0, 0.1) is 0 Å². The number of H-pyrrole nitrogens is 1. The maximum absolute atomic E-state index is 13.5. The third-order valence-corrected chi connectivity index (χ3v) is 6.51. The topological polar surface area (TPSA) is 86.2 Å². The Bertz CT molecular complexity index is 1740. The summed E-state index contributed by atoms with van der Waals surface area (Å²) in [5.41, 5.74) is 4.20. The number of carbonyl (C=O) groups excluding carboxylic acids is 2. The van der Waals surface area contributed by atoms with Crippen molar-refractivity contribution in [1.29, 1.82) is 0 Å². The predicted octanol–water partition coefficient (Wildman–Crippen LogP) is 6.23. The van der Waals surface area contributed by atoms with Crippen molar-refractivity contribution in [1.82, 2.24) is 14.5 Å². The Morgan fingerprint density at radius 2 is 1.51 bits per heavy atom. The molecule has 7 heteroatoms. The van der Waals surface area contributed by atoms with Crippen LogP contribution >= 0.6 is 0 Å². The number of imidazole rings is 1. The van der Waals surface area contributed by atoms with Crippen LogP contribution in [0.25, 0.3) is 44.2 Å². The van der Waals surface area contributed by atoms with Crippen molar-refractivity contribution in [2.75, 3.05) is 7.11 Å². The van der Waals surface area contributed by atoms with Gasteiger partial charge in [-0.05, 0) is 61.5 Å². The third kappa shape index (κ3) is 3.90. The van der Waals surface area contributed by atoms with E-state index in [0.717, 1.165) is 38.6 Å². The van der Waals surface area contributed by atoms with Crippen molar-refractivity contribution >= 4 is 44.7 Å². The molecule has 6 aromatic rings. The molecule has 0 fully saturated rings. The van der Waals surface area contributed by atoms with Gasteiger partial charge in [0.15, 0.2) is 6.10 Å². The molecule has 1 unspecified atom stereocenters. The molecule has 182 valence electrons. The third-order valence-electron chi connectivity index (χ3n) is 6.51. The van der Waals surface area contributed by atoms with E-state index in [1.54, 1.807) is 36.8 Å². The lowest BCUT2D eigenvalue weighted by molar-refractivity contribution is 0.0288. The summed E-state index contributed by atoms with van der Waals surface area (Å²) in [5, 5.41) is 1.95. The number of methoxy groups -OCH3 is 1. The molecular weight excluding hydrogens is 466 g/mol. The molecule has 7 nitrogen and oxygen atoms in total. The van der Waals surface area contributed by atoms with Crippen LogP contribution in [0.2, 0.25) is 0 Å². The summed E-state index contributed by atoms with van der Waals surface area (Å²) >= 11 is 0. The van der Waals surface area contributed by atoms with Gasteiger partial charge in [-0.1, -0.05) is 36.4 Å². The molecule has 0 saturated carbocycles. The highest BCUT2D eigenvalue weighted by Crippen LogP contribution is 2.29. The molecular formula is C30H23N3O4. The van der Waals surface area contributed by atoms with Gasteiger partial charge in [0, 0.05) is 16.3 Å². The fourth-order valence-electron chi connectivity index (χ4n) is 4.64. The van der Waals surface area contributed by atoms with Gasteiger partial charge in [0.2, 0.25) is 0 Å². The highest BCUT2D eigenvalue weighted by atomic mass is 16.5. The van der Waals surface area contributed by atoms with Gasteiger partial charge in [0.05, 0.1) is 34.7 Å². The molecule has 0 saturated heterocycles. The van der Waals surface area contributed by atoms with Crippen LogP contribution in [-0.2, 0) is 4.74 Å². The van der Waals surface area contributed by atoms with Gasteiger partial charge in [-0.25, -0.2) is 9.78 Å². The Morgan fingerprint density at radius 1 is 0.865 bits per heavy atom. The summed E-state index contributed by atoms with van der Waals surface area (Å²) in [7, 11) is 1.62. The normalized spacial score (nSPS) is 12.2. The lowest BCUT2D eigenvalue weighted by Gasteiger charge is -2.14. The van der Waals surface area contributed by atoms with Crippen molar-refractivity contribution < 1.29 is 19.1 Å². The minimum atomic E-state index is -0.987. The second-order valence-corrected chi connectivity index (χ2v) is 8.80. The summed E-state index contributed by atoms with van der Waals surface area (Å²) < 4.78 is 12.5. The van der Waals surface area contributed by atoms with E-state index in [4.69, 9.17) is 9.47 Å². The van der Waals surface area contributed by atoms with Crippen LogP contribution in [-0.4, -0.2) is 39.6 Å². The number of rotatable bonds is 5. The van der Waals surface area contributed by atoms with E-state index < -0.39 is 12.1 Å². The summed E-state index contributed by atoms with van der Waals surface area (Å²) in [5.74, 6) is 0.548. The first-order chi connectivity index (χ1) is 18.0. The number of hydrogen-bond acceptors (Lipinski definition) is 5. The first-order valence-electron chi connectivity index (χ1n) is 11.9. The van der Waals surface area contributed by atoms with Crippen molar-refractivity contribution in [3.63, 3.8) is 0 Å². The number of nitrogens with zero attached hydrogens (tertiary/aromatic N) is 2. The average Bonchev–Trinajstić information content (AvgIpc) is 3.51. The molecule has 6 rings (SSSR count). The van der Waals surface area contributed by atoms with Crippen molar-refractivity contribution in [3.8, 4) is 17.1 Å². The zero-order valence-electron chi connectivity index (χ0n) is 20.3. The van der Waals surface area contributed by atoms with E-state index in [1.807, 2.05) is 72.8 Å². The molecule has 0 bridgehead atoms. The van der Waals surface area contributed by atoms with E-state index in [2.05, 4.69) is 9.97 Å². The number of hydrogen-bond donors (Lipinski definition) is 1. The maximum atomic E-state index is 13.5. The molecule has 0 aliphatic carbocycles. The number of esters is 1. The van der Waals surface area contributed by atoms with Gasteiger partial charge in [-0.3, -0.25) is 9.36 Å². The number of para-hydroxylation sites is 2. The average molecular weight is 490 g/mol. The van der Waals surface area contributed by atoms with Gasteiger partial charge in [0.25, 0.3) is 5.91 Å². The number of benzene rings is 4. The Hall–Kier alpha value is -4.91. The molecule has 0 amide bonds. The van der Waals surface area contributed by atoms with E-state index in [1.165, 1.54) is 0 Å². The van der Waals surface area contributed by atoms with Crippen molar-refractivity contribution in [3.05, 3.63) is 96.6 Å². The Morgan fingerprint density at radius 3 is 2.16 bits per heavy atom. The second kappa shape index (κ2) is 8.95. The number of aromatic amines is 1. The van der Waals surface area contributed by atoms with E-state index in [-0.39, 0.29) is 5.91 Å². The van der Waals surface area contributed by atoms with Gasteiger partial charge in [-0.2, -0.15) is 0 Å². The van der Waals surface area contributed by atoms with E-state index in [9.17, 15) is 9.59 Å². The monoisotopic (exact) mass is 489 g/mol. The second-order valence-electron chi connectivity index (χ2n) is 8.80. The molecule has 0 spiro atoms. The molecule has 2 heterocycles. The Labute approximate surface area is 212 Å². The number of fused-ring (bicyclic) bond motifs is 4. The molecule has 1 N–H and O–H groups in total. The first kappa shape index (κ1) is 22.5. The van der Waals surface area contributed by atoms with Crippen molar-refractivity contribution in [2.24, 2.45) is 0 Å². The van der Waals surface area contributed by atoms with E-state index >= 15 is 0 Å². The minimum Gasteiger partial charge on any atom is -0.497 e. The standard InChI is InChI=1S/C30H23N3O4/c1-18(29(34)33-26-9-5-3-7-22(26)23-8-4-6-10-27(23)33)37-30(35)20-13-16-24-25(17-20)32-28(31-24)19-11-14-21(36-2)15-12-19/h3-18H,1-2H3,(H,31,32). The largest absolute Gasteiger partial charge is 0.497 e. The predicted molar refractivity (Wildman–Crippen MR) is 143 cm³/mol. The Kier molecular flexibility index (Phi) is 5.45. The molecule has 2 aromatic heterocycles. The molecule has 37 heavy (non-hydrogen) atoms. The number of carbonyl (C=O) groups is 2. The van der Waals surface area contributed by atoms with Crippen LogP contribution in [0.3, 0.4) is 0 Å². The lowest BCUT2D eigenvalue weighted by atomic mass is 10.2. The van der Waals surface area contributed by atoms with Crippen LogP contribution in [0.1, 0.15) is 22.1 Å². The zero-order valence-corrected chi connectivity index (χ0v) is 20.3. The zero-order chi connectivity index (χ0) is 25.5. The van der Waals surface area contributed by atoms with Crippen LogP contribution in [0.15, 0.2) is 91.0 Å². The summed E-state index contributed by atoms with van der Waals surface area (Å²) in [6, 6.07) is 28.1. The van der Waals surface area contributed by atoms with Crippen LogP contribution in [0.5, 0.6) is 5.75 Å². The number of ether oxygens (including phenoxy) is 2. The highest BCUT2D eigenvalue weighted by molar-refractivity contribution is 6.14. The number of nitrogens with one attached hydrogen (secondary N) is 1. The van der Waals surface area contributed by atoms with Gasteiger partial charge in [0.1, 0.15) is 11.6 Å². The van der Waals surface area contributed by atoms with Crippen molar-refractivity contribution in [2.45, 2.75) is 13.0 Å². The minimum absolute atomic E-state index is 0.310. The Balaban J connectivity index is 1.26. The summed E-state index contributed by atoms with van der Waals surface area (Å²) in [6.45, 7) is 1.60. The lowest BCUT2D eigenvalue weighted by Crippen LogP contribution is -2.29. The van der Waals surface area contributed by atoms with Gasteiger partial charge >= 0.3 is 5.97 Å². The summed E-state index contributed by atoms with van der Waals surface area (Å²) in [4.78, 5) is 34.4. The maximum Gasteiger partial charge on any atom is 0.338 e. The van der Waals surface area contributed by atoms with E-state index in [0.29, 0.717) is 16.9 Å². The van der Waals surface area contributed by atoms with Gasteiger partial charge < -0.3 is 14.5 Å². The highest BCUT2D eigenvalue weighted by Gasteiger charge is 2.24. The fraction of sp³-hybridized carbons (Fsp3) is 0.100. The first-order valence-corrected chi connectivity index (χ1v) is 11.9. The SMILES string of the molecule is COc1ccc(-c2nc3ccc(C(=O)OC(C)C(=O)n4c5ccccc5c5ccccc54)cc3[nH]2)cc1. The van der Waals surface area contributed by atoms with Crippen LogP contribution < -0.4 is 4.74 Å². The molecule has 4 aromatic carbocycles.